The standard InChI is InChI=1S/C21H27FN6OS/c1-26(12-14-4-6-15(22)7-5-14)13-17-9-8-16(29-17)11-25-20-18(10-23)19(24)27(2)21(30)28(20)3/h4-7,16-17H,8-9,11-13,24H2,1-3H3/t16-,17+/m0/s1. The zero-order valence-corrected chi connectivity index (χ0v) is 18.3. The minimum atomic E-state index is -0.225. The van der Waals surface area contributed by atoms with E-state index in [9.17, 15) is 9.65 Å². The first-order chi connectivity index (χ1) is 14.3. The van der Waals surface area contributed by atoms with Crippen LogP contribution in [-0.2, 0) is 25.4 Å². The second-order valence-corrected chi connectivity index (χ2v) is 8.08. The second-order valence-electron chi connectivity index (χ2n) is 7.72. The molecule has 1 aliphatic rings. The summed E-state index contributed by atoms with van der Waals surface area (Å²) >= 11 is 5.37. The normalized spacial score (nSPS) is 19.4. The van der Waals surface area contributed by atoms with Crippen molar-refractivity contribution in [3.8, 4) is 6.07 Å². The van der Waals surface area contributed by atoms with Crippen LogP contribution in [0.2, 0.25) is 0 Å². The molecule has 1 fully saturated rings. The van der Waals surface area contributed by atoms with Crippen molar-refractivity contribution in [3.63, 3.8) is 0 Å². The molecule has 9 heteroatoms. The average molecular weight is 431 g/mol. The summed E-state index contributed by atoms with van der Waals surface area (Å²) in [6.07, 6.45) is 1.96. The smallest absolute Gasteiger partial charge is 0.182 e. The van der Waals surface area contributed by atoms with Gasteiger partial charge in [0.05, 0.1) is 18.8 Å². The maximum atomic E-state index is 13.1. The van der Waals surface area contributed by atoms with Gasteiger partial charge in [0.25, 0.3) is 0 Å². The number of nitrogens with two attached hydrogens (primary N) is 1. The molecule has 2 heterocycles. The number of rotatable bonds is 6. The lowest BCUT2D eigenvalue weighted by Crippen LogP contribution is -2.31. The number of halogens is 1. The predicted octanol–water partition coefficient (Wildman–Crippen LogP) is 2.27. The van der Waals surface area contributed by atoms with E-state index in [0.29, 0.717) is 28.2 Å². The fraction of sp³-hybridized carbons (Fsp3) is 0.476. The number of ether oxygens (including phenoxy) is 1. The lowest BCUT2D eigenvalue weighted by molar-refractivity contribution is 0.0304. The van der Waals surface area contributed by atoms with Gasteiger partial charge in [0.2, 0.25) is 0 Å². The van der Waals surface area contributed by atoms with Gasteiger partial charge in [-0.3, -0.25) is 9.89 Å². The molecule has 2 N–H and O–H groups in total. The number of nitrogens with zero attached hydrogens (tertiary/aromatic N) is 5. The Morgan fingerprint density at radius 1 is 1.27 bits per heavy atom. The first-order valence-corrected chi connectivity index (χ1v) is 10.3. The van der Waals surface area contributed by atoms with Crippen molar-refractivity contribution in [2.24, 2.45) is 19.1 Å². The molecule has 160 valence electrons. The molecule has 0 saturated carbocycles. The van der Waals surface area contributed by atoms with Gasteiger partial charge in [-0.1, -0.05) is 12.1 Å². The molecule has 7 nitrogen and oxygen atoms in total. The monoisotopic (exact) mass is 430 g/mol. The number of hydrogen-bond acceptors (Lipinski definition) is 6. The molecule has 0 unspecified atom stereocenters. The molecule has 1 aromatic heterocycles. The van der Waals surface area contributed by atoms with E-state index in [0.717, 1.165) is 31.5 Å². The molecular formula is C21H27FN6OS. The van der Waals surface area contributed by atoms with Gasteiger partial charge in [-0.25, -0.2) is 4.39 Å². The zero-order chi connectivity index (χ0) is 21.8. The van der Waals surface area contributed by atoms with E-state index >= 15 is 0 Å². The molecule has 0 amide bonds. The van der Waals surface area contributed by atoms with Crippen molar-refractivity contribution in [2.75, 3.05) is 25.9 Å². The van der Waals surface area contributed by atoms with E-state index in [1.807, 2.05) is 7.05 Å². The predicted molar refractivity (Wildman–Crippen MR) is 115 cm³/mol. The van der Waals surface area contributed by atoms with Gasteiger partial charge in [0.1, 0.15) is 23.3 Å². The van der Waals surface area contributed by atoms with Crippen molar-refractivity contribution >= 4 is 18.0 Å². The molecule has 2 aromatic rings. The van der Waals surface area contributed by atoms with E-state index in [1.165, 1.54) is 12.1 Å². The summed E-state index contributed by atoms with van der Waals surface area (Å²) in [5.41, 5.74) is 7.91. The highest BCUT2D eigenvalue weighted by atomic mass is 32.1. The number of nitrogen functional groups attached to an aromatic ring is 1. The Hall–Kier alpha value is -2.54. The summed E-state index contributed by atoms with van der Waals surface area (Å²) in [7, 11) is 5.54. The van der Waals surface area contributed by atoms with Gasteiger partial charge < -0.3 is 19.6 Å². The number of likely N-dealkylation sites (N-methyl/N-ethyl adjacent to an activating group) is 1. The van der Waals surface area contributed by atoms with E-state index in [4.69, 9.17) is 22.7 Å². The Morgan fingerprint density at radius 2 is 1.93 bits per heavy atom. The van der Waals surface area contributed by atoms with Crippen LogP contribution in [0.15, 0.2) is 29.3 Å². The van der Waals surface area contributed by atoms with Gasteiger partial charge in [0, 0.05) is 27.2 Å². The summed E-state index contributed by atoms with van der Waals surface area (Å²) in [6, 6.07) is 8.69. The SMILES string of the molecule is CN(Cc1ccc(F)cc1)C[C@H]1CC[C@@H](CN=c2c(C#N)c(N)n(C)c(=S)n2C)O1. The highest BCUT2D eigenvalue weighted by Crippen LogP contribution is 2.21. The third kappa shape index (κ3) is 4.95. The lowest BCUT2D eigenvalue weighted by atomic mass is 10.1. The Balaban J connectivity index is 1.62. The fourth-order valence-corrected chi connectivity index (χ4v) is 3.90. The average Bonchev–Trinajstić information content (AvgIpc) is 3.16. The van der Waals surface area contributed by atoms with Gasteiger partial charge in [-0.15, -0.1) is 0 Å². The summed E-state index contributed by atoms with van der Waals surface area (Å²) in [6.45, 7) is 1.97. The molecule has 3 rings (SSSR count). The van der Waals surface area contributed by atoms with E-state index < -0.39 is 0 Å². The molecule has 1 aliphatic heterocycles. The highest BCUT2D eigenvalue weighted by molar-refractivity contribution is 7.71. The Kier molecular flexibility index (Phi) is 7.02. The Labute approximate surface area is 180 Å². The lowest BCUT2D eigenvalue weighted by Gasteiger charge is -2.21. The van der Waals surface area contributed by atoms with Crippen LogP contribution in [-0.4, -0.2) is 46.4 Å². The maximum absolute atomic E-state index is 13.1. The number of hydrogen-bond donors (Lipinski definition) is 1. The molecular weight excluding hydrogens is 403 g/mol. The van der Waals surface area contributed by atoms with Gasteiger partial charge in [-0.05, 0) is 49.8 Å². The Morgan fingerprint density at radius 3 is 2.60 bits per heavy atom. The minimum Gasteiger partial charge on any atom is -0.384 e. The first kappa shape index (κ1) is 22.2. The fourth-order valence-electron chi connectivity index (χ4n) is 3.71. The molecule has 2 atom stereocenters. The van der Waals surface area contributed by atoms with E-state index in [2.05, 4.69) is 16.0 Å². The largest absolute Gasteiger partial charge is 0.384 e. The van der Waals surface area contributed by atoms with Crippen molar-refractivity contribution in [2.45, 2.75) is 31.6 Å². The second kappa shape index (κ2) is 9.51. The molecule has 0 radical (unpaired) electrons. The van der Waals surface area contributed by atoms with Crippen LogP contribution in [0.25, 0.3) is 0 Å². The third-order valence-corrected chi connectivity index (χ3v) is 5.91. The molecule has 0 spiro atoms. The van der Waals surface area contributed by atoms with E-state index in [-0.39, 0.29) is 18.0 Å². The van der Waals surface area contributed by atoms with Crippen LogP contribution in [0, 0.1) is 21.9 Å². The van der Waals surface area contributed by atoms with Crippen LogP contribution in [0.1, 0.15) is 24.0 Å². The van der Waals surface area contributed by atoms with Gasteiger partial charge >= 0.3 is 0 Å². The minimum absolute atomic E-state index is 0.00971. The Bertz CT molecular complexity index is 1070. The highest BCUT2D eigenvalue weighted by Gasteiger charge is 2.26. The van der Waals surface area contributed by atoms with E-state index in [1.54, 1.807) is 35.4 Å². The van der Waals surface area contributed by atoms with Crippen LogP contribution in [0.3, 0.4) is 0 Å². The van der Waals surface area contributed by atoms with Crippen molar-refractivity contribution in [3.05, 3.63) is 51.5 Å². The molecule has 30 heavy (non-hydrogen) atoms. The summed E-state index contributed by atoms with van der Waals surface area (Å²) < 4.78 is 23.0. The first-order valence-electron chi connectivity index (χ1n) is 9.84. The van der Waals surface area contributed by atoms with Crippen LogP contribution < -0.4 is 11.2 Å². The quantitative estimate of drug-likeness (QED) is 0.711. The molecule has 0 bridgehead atoms. The summed E-state index contributed by atoms with van der Waals surface area (Å²) in [5.74, 6) is 0.0872. The molecule has 0 aliphatic carbocycles. The number of nitriles is 1. The number of aromatic nitrogens is 2. The van der Waals surface area contributed by atoms with Crippen molar-refractivity contribution in [1.29, 1.82) is 5.26 Å². The summed E-state index contributed by atoms with van der Waals surface area (Å²) in [4.78, 5) is 6.79. The van der Waals surface area contributed by atoms with Crippen molar-refractivity contribution < 1.29 is 9.13 Å². The van der Waals surface area contributed by atoms with Crippen LogP contribution >= 0.6 is 12.2 Å². The van der Waals surface area contributed by atoms with Gasteiger partial charge in [-0.2, -0.15) is 5.26 Å². The molecule has 1 aromatic carbocycles. The molecule has 1 saturated heterocycles. The zero-order valence-electron chi connectivity index (χ0n) is 17.5. The number of benzene rings is 1. The summed E-state index contributed by atoms with van der Waals surface area (Å²) in [5, 5.41) is 9.50. The van der Waals surface area contributed by atoms with Crippen molar-refractivity contribution in [1.82, 2.24) is 14.0 Å². The third-order valence-electron chi connectivity index (χ3n) is 5.37. The van der Waals surface area contributed by atoms with Crippen LogP contribution in [0.5, 0.6) is 0 Å². The maximum Gasteiger partial charge on any atom is 0.182 e. The van der Waals surface area contributed by atoms with Gasteiger partial charge in [0.15, 0.2) is 10.3 Å². The van der Waals surface area contributed by atoms with Crippen LogP contribution in [0.4, 0.5) is 10.2 Å². The topological polar surface area (TPSA) is 84.5 Å². The number of anilines is 1.